The van der Waals surface area contributed by atoms with Gasteiger partial charge in [-0.25, -0.2) is 4.79 Å². The van der Waals surface area contributed by atoms with Crippen molar-refractivity contribution >= 4 is 11.7 Å². The van der Waals surface area contributed by atoms with E-state index in [4.69, 9.17) is 4.74 Å². The van der Waals surface area contributed by atoms with Gasteiger partial charge in [-0.3, -0.25) is 4.90 Å². The number of nitrogens with zero attached hydrogens (tertiary/aromatic N) is 2. The lowest BCUT2D eigenvalue weighted by Gasteiger charge is -2.38. The molecule has 1 unspecified atom stereocenters. The predicted octanol–water partition coefficient (Wildman–Crippen LogP) is 1.40. The van der Waals surface area contributed by atoms with Crippen LogP contribution >= 0.6 is 0 Å². The van der Waals surface area contributed by atoms with Gasteiger partial charge < -0.3 is 15.0 Å². The monoisotopic (exact) mass is 263 g/mol. The summed E-state index contributed by atoms with van der Waals surface area (Å²) in [6.07, 6.45) is 0. The van der Waals surface area contributed by atoms with Gasteiger partial charge in [0.25, 0.3) is 0 Å². The van der Waals surface area contributed by atoms with Crippen LogP contribution in [0.3, 0.4) is 0 Å². The third-order valence-electron chi connectivity index (χ3n) is 3.41. The van der Waals surface area contributed by atoms with Gasteiger partial charge in [-0.2, -0.15) is 0 Å². The minimum absolute atomic E-state index is 0.0533. The molecule has 1 heterocycles. The van der Waals surface area contributed by atoms with Crippen LogP contribution in [0.5, 0.6) is 5.75 Å². The highest BCUT2D eigenvalue weighted by molar-refractivity contribution is 5.92. The number of hydrogen-bond donors (Lipinski definition) is 1. The summed E-state index contributed by atoms with van der Waals surface area (Å²) in [7, 11) is 5.42. The molecule has 5 nitrogen and oxygen atoms in total. The summed E-state index contributed by atoms with van der Waals surface area (Å²) in [6, 6.07) is 7.66. The molecule has 1 saturated heterocycles. The lowest BCUT2D eigenvalue weighted by molar-refractivity contribution is 0.192. The number of amides is 2. The Labute approximate surface area is 114 Å². The number of nitrogens with one attached hydrogen (secondary N) is 1. The zero-order valence-electron chi connectivity index (χ0n) is 11.7. The second-order valence-electron chi connectivity index (χ2n) is 4.90. The smallest absolute Gasteiger partial charge is 0.324 e. The topological polar surface area (TPSA) is 44.8 Å². The molecule has 104 valence electrons. The van der Waals surface area contributed by atoms with Gasteiger partial charge in [0, 0.05) is 38.3 Å². The molecule has 1 aromatic rings. The first-order chi connectivity index (χ1) is 9.15. The second-order valence-corrected chi connectivity index (χ2v) is 4.90. The molecule has 0 aromatic heterocycles. The Morgan fingerprint density at radius 1 is 1.32 bits per heavy atom. The van der Waals surface area contributed by atoms with Crippen LogP contribution in [0.15, 0.2) is 24.3 Å². The Bertz CT molecular complexity index is 433. The first kappa shape index (κ1) is 13.7. The van der Waals surface area contributed by atoms with Crippen LogP contribution in [0, 0.1) is 5.92 Å². The number of benzene rings is 1. The van der Waals surface area contributed by atoms with Gasteiger partial charge in [0.1, 0.15) is 5.75 Å². The Kier molecular flexibility index (Phi) is 4.27. The SMILES string of the molecule is CNCC1CN(C)C(=O)N(c2ccc(OC)cc2)C1. The lowest BCUT2D eigenvalue weighted by Crippen LogP contribution is -2.53. The van der Waals surface area contributed by atoms with E-state index in [-0.39, 0.29) is 6.03 Å². The summed E-state index contributed by atoms with van der Waals surface area (Å²) >= 11 is 0. The maximum absolute atomic E-state index is 12.2. The van der Waals surface area contributed by atoms with E-state index in [1.807, 2.05) is 43.3 Å². The number of methoxy groups -OCH3 is 1. The molecule has 0 radical (unpaired) electrons. The van der Waals surface area contributed by atoms with Crippen LogP contribution in [-0.2, 0) is 0 Å². The number of anilines is 1. The van der Waals surface area contributed by atoms with Crippen LogP contribution in [0.4, 0.5) is 10.5 Å². The number of rotatable bonds is 4. The lowest BCUT2D eigenvalue weighted by atomic mass is 10.1. The van der Waals surface area contributed by atoms with Crippen LogP contribution in [0.2, 0.25) is 0 Å². The molecule has 1 atom stereocenters. The van der Waals surface area contributed by atoms with E-state index in [0.717, 1.165) is 31.1 Å². The zero-order chi connectivity index (χ0) is 13.8. The summed E-state index contributed by atoms with van der Waals surface area (Å²) in [5, 5.41) is 3.18. The Balaban J connectivity index is 2.17. The summed E-state index contributed by atoms with van der Waals surface area (Å²) in [5.41, 5.74) is 0.915. The van der Waals surface area contributed by atoms with Crippen molar-refractivity contribution in [2.24, 2.45) is 5.92 Å². The van der Waals surface area contributed by atoms with Gasteiger partial charge in [-0.1, -0.05) is 0 Å². The van der Waals surface area contributed by atoms with Crippen molar-refractivity contribution in [3.8, 4) is 5.75 Å². The normalized spacial score (nSPS) is 19.7. The minimum atomic E-state index is 0.0533. The second kappa shape index (κ2) is 5.93. The van der Waals surface area contributed by atoms with Gasteiger partial charge in [-0.15, -0.1) is 0 Å². The average Bonchev–Trinajstić information content (AvgIpc) is 2.43. The van der Waals surface area contributed by atoms with E-state index in [1.165, 1.54) is 0 Å². The van der Waals surface area contributed by atoms with Gasteiger partial charge in [0.05, 0.1) is 7.11 Å². The Morgan fingerprint density at radius 2 is 2.00 bits per heavy atom. The largest absolute Gasteiger partial charge is 0.497 e. The Morgan fingerprint density at radius 3 is 2.58 bits per heavy atom. The maximum Gasteiger partial charge on any atom is 0.324 e. The maximum atomic E-state index is 12.2. The number of hydrogen-bond acceptors (Lipinski definition) is 3. The summed E-state index contributed by atoms with van der Waals surface area (Å²) in [5.74, 6) is 1.24. The molecular weight excluding hydrogens is 242 g/mol. The highest BCUT2D eigenvalue weighted by Crippen LogP contribution is 2.24. The number of carbonyl (C=O) groups is 1. The van der Waals surface area contributed by atoms with Gasteiger partial charge in [0.2, 0.25) is 0 Å². The highest BCUT2D eigenvalue weighted by atomic mass is 16.5. The quantitative estimate of drug-likeness (QED) is 0.893. The van der Waals surface area contributed by atoms with E-state index < -0.39 is 0 Å². The van der Waals surface area contributed by atoms with Crippen molar-refractivity contribution in [2.45, 2.75) is 0 Å². The first-order valence-corrected chi connectivity index (χ1v) is 6.47. The molecule has 2 rings (SSSR count). The number of urea groups is 1. The zero-order valence-corrected chi connectivity index (χ0v) is 11.7. The highest BCUT2D eigenvalue weighted by Gasteiger charge is 2.30. The minimum Gasteiger partial charge on any atom is -0.497 e. The van der Waals surface area contributed by atoms with E-state index in [9.17, 15) is 4.79 Å². The van der Waals surface area contributed by atoms with Gasteiger partial charge >= 0.3 is 6.03 Å². The van der Waals surface area contributed by atoms with Crippen molar-refractivity contribution in [1.82, 2.24) is 10.2 Å². The molecule has 1 aliphatic rings. The molecule has 1 aliphatic heterocycles. The fourth-order valence-electron chi connectivity index (χ4n) is 2.46. The molecule has 2 amide bonds. The van der Waals surface area contributed by atoms with Crippen molar-refractivity contribution < 1.29 is 9.53 Å². The Hall–Kier alpha value is -1.75. The summed E-state index contributed by atoms with van der Waals surface area (Å²) in [6.45, 7) is 2.45. The van der Waals surface area contributed by atoms with Crippen molar-refractivity contribution in [3.63, 3.8) is 0 Å². The van der Waals surface area contributed by atoms with Crippen LogP contribution in [-0.4, -0.2) is 51.8 Å². The number of ether oxygens (including phenoxy) is 1. The average molecular weight is 263 g/mol. The van der Waals surface area contributed by atoms with E-state index in [0.29, 0.717) is 5.92 Å². The van der Waals surface area contributed by atoms with Crippen molar-refractivity contribution in [3.05, 3.63) is 24.3 Å². The third kappa shape index (κ3) is 2.98. The standard InChI is InChI=1S/C14H21N3O2/c1-15-8-11-9-16(2)14(18)17(10-11)12-4-6-13(19-3)7-5-12/h4-7,11,15H,8-10H2,1-3H3. The van der Waals surface area contributed by atoms with E-state index in [2.05, 4.69) is 5.32 Å². The van der Waals surface area contributed by atoms with Crippen LogP contribution in [0.1, 0.15) is 0 Å². The molecule has 0 saturated carbocycles. The summed E-state index contributed by atoms with van der Waals surface area (Å²) in [4.78, 5) is 15.8. The third-order valence-corrected chi connectivity index (χ3v) is 3.41. The molecule has 0 spiro atoms. The molecular formula is C14H21N3O2. The number of carbonyl (C=O) groups excluding carboxylic acids is 1. The van der Waals surface area contributed by atoms with Gasteiger partial charge in [-0.05, 0) is 31.3 Å². The molecule has 1 aromatic carbocycles. The van der Waals surface area contributed by atoms with Crippen molar-refractivity contribution in [1.29, 1.82) is 0 Å². The van der Waals surface area contributed by atoms with Crippen LogP contribution in [0.25, 0.3) is 0 Å². The first-order valence-electron chi connectivity index (χ1n) is 6.47. The molecule has 19 heavy (non-hydrogen) atoms. The molecule has 1 fully saturated rings. The predicted molar refractivity (Wildman–Crippen MR) is 75.8 cm³/mol. The van der Waals surface area contributed by atoms with Gasteiger partial charge in [0.15, 0.2) is 0 Å². The molecule has 0 aliphatic carbocycles. The fourth-order valence-corrected chi connectivity index (χ4v) is 2.46. The van der Waals surface area contributed by atoms with E-state index in [1.54, 1.807) is 12.0 Å². The van der Waals surface area contributed by atoms with E-state index >= 15 is 0 Å². The summed E-state index contributed by atoms with van der Waals surface area (Å²) < 4.78 is 5.14. The molecule has 0 bridgehead atoms. The molecule has 1 N–H and O–H groups in total. The van der Waals surface area contributed by atoms with Crippen molar-refractivity contribution in [2.75, 3.05) is 45.7 Å². The molecule has 5 heteroatoms. The fraction of sp³-hybridized carbons (Fsp3) is 0.500. The van der Waals surface area contributed by atoms with Crippen LogP contribution < -0.4 is 15.0 Å².